The molecule has 0 spiro atoms. The first-order valence-corrected chi connectivity index (χ1v) is 12.3. The van der Waals surface area contributed by atoms with Crippen molar-refractivity contribution in [1.29, 1.82) is 0 Å². The lowest BCUT2D eigenvalue weighted by atomic mass is 9.73. The molecule has 36 heavy (non-hydrogen) atoms. The molecule has 2 heterocycles. The first-order valence-electron chi connectivity index (χ1n) is 12.3. The van der Waals surface area contributed by atoms with Crippen molar-refractivity contribution in [3.63, 3.8) is 0 Å². The number of ether oxygens (including phenoxy) is 2. The summed E-state index contributed by atoms with van der Waals surface area (Å²) in [5.41, 5.74) is 4.65. The SMILES string of the molecule is CC1(C)CC(=O)C2=C(C1)Nc1ccccc1N(C(=O)Cc1ccccc1)[C@@H]2c1ccc2c(c1)OCO2. The number of carbonyl (C=O) groups is 2. The van der Waals surface area contributed by atoms with Gasteiger partial charge in [-0.15, -0.1) is 0 Å². The normalized spacial score (nSPS) is 19.8. The lowest BCUT2D eigenvalue weighted by molar-refractivity contribution is -0.119. The molecule has 1 N–H and O–H groups in total. The molecular formula is C30H28N2O4. The molecule has 0 unspecified atom stereocenters. The number of nitrogens with one attached hydrogen (secondary N) is 1. The Hall–Kier alpha value is -4.06. The average Bonchev–Trinajstić information content (AvgIpc) is 3.26. The Morgan fingerprint density at radius 2 is 1.72 bits per heavy atom. The highest BCUT2D eigenvalue weighted by Gasteiger charge is 2.43. The van der Waals surface area contributed by atoms with Gasteiger partial charge in [-0.2, -0.15) is 0 Å². The highest BCUT2D eigenvalue weighted by molar-refractivity contribution is 6.06. The minimum absolute atomic E-state index is 0.0572. The van der Waals surface area contributed by atoms with Gasteiger partial charge in [0.15, 0.2) is 17.3 Å². The lowest BCUT2D eigenvalue weighted by Crippen LogP contribution is -2.40. The number of ketones is 1. The van der Waals surface area contributed by atoms with Gasteiger partial charge in [-0.05, 0) is 47.2 Å². The Kier molecular flexibility index (Phi) is 5.32. The van der Waals surface area contributed by atoms with E-state index in [1.807, 2.05) is 72.8 Å². The Balaban J connectivity index is 1.56. The van der Waals surface area contributed by atoms with E-state index in [1.165, 1.54) is 0 Å². The maximum absolute atomic E-state index is 14.1. The first-order chi connectivity index (χ1) is 17.4. The van der Waals surface area contributed by atoms with Crippen LogP contribution in [0.15, 0.2) is 84.1 Å². The van der Waals surface area contributed by atoms with Crippen LogP contribution in [0.25, 0.3) is 0 Å². The second-order valence-electron chi connectivity index (χ2n) is 10.4. The van der Waals surface area contributed by atoms with E-state index in [0.717, 1.165) is 28.2 Å². The van der Waals surface area contributed by atoms with Gasteiger partial charge in [0, 0.05) is 17.7 Å². The fourth-order valence-corrected chi connectivity index (χ4v) is 5.52. The summed E-state index contributed by atoms with van der Waals surface area (Å²) in [6.45, 7) is 4.38. The molecule has 2 aliphatic heterocycles. The number of carbonyl (C=O) groups excluding carboxylic acids is 2. The van der Waals surface area contributed by atoms with E-state index in [-0.39, 0.29) is 30.3 Å². The molecule has 0 saturated heterocycles. The number of hydrogen-bond acceptors (Lipinski definition) is 5. The highest BCUT2D eigenvalue weighted by atomic mass is 16.7. The van der Waals surface area contributed by atoms with E-state index in [9.17, 15) is 9.59 Å². The number of para-hydroxylation sites is 2. The Bertz CT molecular complexity index is 1390. The van der Waals surface area contributed by atoms with E-state index in [2.05, 4.69) is 19.2 Å². The van der Waals surface area contributed by atoms with Crippen molar-refractivity contribution in [1.82, 2.24) is 0 Å². The average molecular weight is 481 g/mol. The van der Waals surface area contributed by atoms with Gasteiger partial charge in [-0.1, -0.05) is 62.4 Å². The van der Waals surface area contributed by atoms with Crippen LogP contribution in [0.1, 0.15) is 43.9 Å². The zero-order valence-corrected chi connectivity index (χ0v) is 20.4. The van der Waals surface area contributed by atoms with Gasteiger partial charge in [0.05, 0.1) is 23.8 Å². The number of fused-ring (bicyclic) bond motifs is 2. The third-order valence-electron chi connectivity index (χ3n) is 7.08. The largest absolute Gasteiger partial charge is 0.454 e. The van der Waals surface area contributed by atoms with Crippen LogP contribution >= 0.6 is 0 Å². The molecule has 1 atom stereocenters. The summed E-state index contributed by atoms with van der Waals surface area (Å²) in [5, 5.41) is 3.56. The van der Waals surface area contributed by atoms with E-state index < -0.39 is 6.04 Å². The molecule has 0 radical (unpaired) electrons. The lowest BCUT2D eigenvalue weighted by Gasteiger charge is -2.37. The van der Waals surface area contributed by atoms with E-state index >= 15 is 0 Å². The van der Waals surface area contributed by atoms with Crippen LogP contribution in [-0.2, 0) is 16.0 Å². The van der Waals surface area contributed by atoms with Crippen LogP contribution in [0.2, 0.25) is 0 Å². The predicted octanol–water partition coefficient (Wildman–Crippen LogP) is 5.80. The molecule has 6 nitrogen and oxygen atoms in total. The van der Waals surface area contributed by atoms with E-state index in [4.69, 9.17) is 9.47 Å². The fourth-order valence-electron chi connectivity index (χ4n) is 5.52. The molecule has 0 aromatic heterocycles. The Labute approximate surface area is 210 Å². The van der Waals surface area contributed by atoms with E-state index in [0.29, 0.717) is 29.9 Å². The summed E-state index contributed by atoms with van der Waals surface area (Å²) >= 11 is 0. The monoisotopic (exact) mass is 480 g/mol. The molecule has 6 heteroatoms. The van der Waals surface area contributed by atoms with Crippen LogP contribution < -0.4 is 19.7 Å². The topological polar surface area (TPSA) is 67.9 Å². The highest BCUT2D eigenvalue weighted by Crippen LogP contribution is 2.49. The van der Waals surface area contributed by atoms with Gasteiger partial charge >= 0.3 is 0 Å². The van der Waals surface area contributed by atoms with Crippen LogP contribution in [0.3, 0.4) is 0 Å². The Morgan fingerprint density at radius 3 is 2.56 bits per heavy atom. The number of benzene rings is 3. The first kappa shape index (κ1) is 22.4. The van der Waals surface area contributed by atoms with Crippen molar-refractivity contribution in [2.24, 2.45) is 5.41 Å². The number of anilines is 2. The summed E-state index contributed by atoms with van der Waals surface area (Å²) in [6.07, 6.45) is 1.36. The van der Waals surface area contributed by atoms with Crippen molar-refractivity contribution >= 4 is 23.1 Å². The minimum atomic E-state index is -0.592. The van der Waals surface area contributed by atoms with Crippen LogP contribution in [-0.4, -0.2) is 18.5 Å². The molecule has 3 aromatic carbocycles. The number of rotatable bonds is 3. The zero-order valence-electron chi connectivity index (χ0n) is 20.4. The molecular weight excluding hydrogens is 452 g/mol. The zero-order chi connectivity index (χ0) is 24.9. The second kappa shape index (κ2) is 8.55. The van der Waals surface area contributed by atoms with E-state index in [1.54, 1.807) is 4.90 Å². The molecule has 0 saturated carbocycles. The summed E-state index contributed by atoms with van der Waals surface area (Å²) in [7, 11) is 0. The molecule has 0 bridgehead atoms. The quantitative estimate of drug-likeness (QED) is 0.513. The molecule has 1 aliphatic carbocycles. The minimum Gasteiger partial charge on any atom is -0.454 e. The van der Waals surface area contributed by atoms with Crippen LogP contribution in [0.4, 0.5) is 11.4 Å². The summed E-state index contributed by atoms with van der Waals surface area (Å²) in [5.74, 6) is 1.27. The third kappa shape index (κ3) is 3.92. The predicted molar refractivity (Wildman–Crippen MR) is 138 cm³/mol. The van der Waals surface area contributed by atoms with Crippen molar-refractivity contribution in [3.8, 4) is 11.5 Å². The molecule has 6 rings (SSSR count). The molecule has 182 valence electrons. The molecule has 3 aromatic rings. The van der Waals surface area contributed by atoms with Crippen molar-refractivity contribution in [2.45, 2.75) is 39.2 Å². The number of allylic oxidation sites excluding steroid dienone is 1. The number of nitrogens with zero attached hydrogens (tertiary/aromatic N) is 1. The maximum Gasteiger partial charge on any atom is 0.232 e. The van der Waals surface area contributed by atoms with Crippen molar-refractivity contribution in [3.05, 3.63) is 95.2 Å². The van der Waals surface area contributed by atoms with Crippen LogP contribution in [0, 0.1) is 5.41 Å². The molecule has 3 aliphatic rings. The smallest absolute Gasteiger partial charge is 0.232 e. The van der Waals surface area contributed by atoms with Gasteiger partial charge in [0.2, 0.25) is 12.7 Å². The van der Waals surface area contributed by atoms with Gasteiger partial charge < -0.3 is 14.8 Å². The van der Waals surface area contributed by atoms with Gasteiger partial charge in [0.25, 0.3) is 0 Å². The van der Waals surface area contributed by atoms with Gasteiger partial charge in [0.1, 0.15) is 0 Å². The Morgan fingerprint density at radius 1 is 0.972 bits per heavy atom. The van der Waals surface area contributed by atoms with Gasteiger partial charge in [-0.3, -0.25) is 14.5 Å². The summed E-state index contributed by atoms with van der Waals surface area (Å²) in [6, 6.07) is 22.6. The van der Waals surface area contributed by atoms with Crippen molar-refractivity contribution in [2.75, 3.05) is 17.0 Å². The second-order valence-corrected chi connectivity index (χ2v) is 10.4. The number of Topliss-reactive ketones (excluding diaryl/α,β-unsaturated/α-hetero) is 1. The maximum atomic E-state index is 14.1. The van der Waals surface area contributed by atoms with Crippen molar-refractivity contribution < 1.29 is 19.1 Å². The molecule has 1 amide bonds. The summed E-state index contributed by atoms with van der Waals surface area (Å²) < 4.78 is 11.2. The standard InChI is InChI=1S/C30H28N2O4/c1-30(2)16-22-28(24(33)17-30)29(20-12-13-25-26(15-20)36-18-35-25)32(23-11-7-6-10-21(23)31-22)27(34)14-19-8-4-3-5-9-19/h3-13,15,29,31H,14,16-18H2,1-2H3/t29-/m1/s1. The fraction of sp³-hybridized carbons (Fsp3) is 0.267. The summed E-state index contributed by atoms with van der Waals surface area (Å²) in [4.78, 5) is 29.7. The number of amides is 1. The number of hydrogen-bond donors (Lipinski definition) is 1. The third-order valence-corrected chi connectivity index (χ3v) is 7.08. The van der Waals surface area contributed by atoms with Gasteiger partial charge in [-0.25, -0.2) is 0 Å². The van der Waals surface area contributed by atoms with Crippen LogP contribution in [0.5, 0.6) is 11.5 Å². The molecule has 0 fully saturated rings.